The van der Waals surface area contributed by atoms with Gasteiger partial charge in [0.15, 0.2) is 11.5 Å². The highest BCUT2D eigenvalue weighted by Crippen LogP contribution is 2.35. The van der Waals surface area contributed by atoms with Crippen LogP contribution in [0.3, 0.4) is 0 Å². The van der Waals surface area contributed by atoms with Gasteiger partial charge in [-0.1, -0.05) is 18.2 Å². The molecule has 1 unspecified atom stereocenters. The maximum Gasteiger partial charge on any atom is 0.161 e. The number of fused-ring (bicyclic) bond motifs is 1. The molecule has 1 aliphatic rings. The number of hydrogen-bond donors (Lipinski definition) is 1. The van der Waals surface area contributed by atoms with Crippen molar-refractivity contribution in [2.45, 2.75) is 5.92 Å². The maximum absolute atomic E-state index is 9.45. The van der Waals surface area contributed by atoms with Crippen molar-refractivity contribution in [3.8, 4) is 17.6 Å². The fraction of sp³-hybridized carbons (Fsp3) is 0.188. The van der Waals surface area contributed by atoms with Gasteiger partial charge in [0, 0.05) is 5.69 Å². The van der Waals surface area contributed by atoms with Crippen LogP contribution in [-0.2, 0) is 0 Å². The van der Waals surface area contributed by atoms with Crippen molar-refractivity contribution in [3.63, 3.8) is 0 Å². The fourth-order valence-electron chi connectivity index (χ4n) is 2.27. The molecule has 0 saturated heterocycles. The molecule has 100 valence electrons. The Morgan fingerprint density at radius 1 is 0.950 bits per heavy atom. The van der Waals surface area contributed by atoms with Crippen molar-refractivity contribution >= 4 is 5.69 Å². The number of hydrogen-bond acceptors (Lipinski definition) is 4. The van der Waals surface area contributed by atoms with E-state index in [1.165, 1.54) is 0 Å². The van der Waals surface area contributed by atoms with Crippen molar-refractivity contribution in [1.29, 1.82) is 5.26 Å². The Morgan fingerprint density at radius 3 is 2.30 bits per heavy atom. The molecule has 1 atom stereocenters. The summed E-state index contributed by atoms with van der Waals surface area (Å²) in [6.07, 6.45) is 0. The zero-order chi connectivity index (χ0) is 13.9. The SMILES string of the molecule is N#CC(c1ccc(N)cc1)c1ccc2c(c1)OCCO2. The van der Waals surface area contributed by atoms with Crippen molar-refractivity contribution in [1.82, 2.24) is 0 Å². The molecule has 3 rings (SSSR count). The number of nitrogens with two attached hydrogens (primary N) is 1. The predicted molar refractivity (Wildman–Crippen MR) is 75.7 cm³/mol. The Labute approximate surface area is 117 Å². The van der Waals surface area contributed by atoms with Crippen LogP contribution in [0.15, 0.2) is 42.5 Å². The van der Waals surface area contributed by atoms with Crippen molar-refractivity contribution in [2.75, 3.05) is 18.9 Å². The Morgan fingerprint density at radius 2 is 1.60 bits per heavy atom. The molecule has 4 nitrogen and oxygen atoms in total. The van der Waals surface area contributed by atoms with E-state index < -0.39 is 0 Å². The number of ether oxygens (including phenoxy) is 2. The third-order valence-corrected chi connectivity index (χ3v) is 3.30. The van der Waals surface area contributed by atoms with E-state index in [9.17, 15) is 5.26 Å². The summed E-state index contributed by atoms with van der Waals surface area (Å²) < 4.78 is 11.0. The molecule has 0 amide bonds. The molecule has 20 heavy (non-hydrogen) atoms. The van der Waals surface area contributed by atoms with Gasteiger partial charge in [-0.05, 0) is 35.4 Å². The van der Waals surface area contributed by atoms with E-state index in [4.69, 9.17) is 15.2 Å². The monoisotopic (exact) mass is 266 g/mol. The molecule has 0 saturated carbocycles. The normalized spacial score (nSPS) is 14.3. The van der Waals surface area contributed by atoms with Crippen molar-refractivity contribution < 1.29 is 9.47 Å². The predicted octanol–water partition coefficient (Wildman–Crippen LogP) is 2.70. The minimum Gasteiger partial charge on any atom is -0.486 e. The lowest BCUT2D eigenvalue weighted by Gasteiger charge is -2.20. The highest BCUT2D eigenvalue weighted by Gasteiger charge is 2.18. The van der Waals surface area contributed by atoms with E-state index >= 15 is 0 Å². The molecule has 2 N–H and O–H groups in total. The molecule has 4 heteroatoms. The first-order valence-electron chi connectivity index (χ1n) is 6.42. The minimum absolute atomic E-state index is 0.341. The lowest BCUT2D eigenvalue weighted by Crippen LogP contribution is -2.15. The number of benzene rings is 2. The van der Waals surface area contributed by atoms with Crippen LogP contribution in [0.1, 0.15) is 17.0 Å². The molecule has 1 aliphatic heterocycles. The van der Waals surface area contributed by atoms with Gasteiger partial charge in [0.25, 0.3) is 0 Å². The summed E-state index contributed by atoms with van der Waals surface area (Å²) >= 11 is 0. The number of rotatable bonds is 2. The maximum atomic E-state index is 9.45. The topological polar surface area (TPSA) is 68.3 Å². The molecule has 0 aromatic heterocycles. The highest BCUT2D eigenvalue weighted by molar-refractivity contribution is 5.50. The summed E-state index contributed by atoms with van der Waals surface area (Å²) in [5.74, 6) is 1.09. The van der Waals surface area contributed by atoms with Crippen LogP contribution in [0.5, 0.6) is 11.5 Å². The van der Waals surface area contributed by atoms with Crippen LogP contribution in [0.25, 0.3) is 0 Å². The lowest BCUT2D eigenvalue weighted by atomic mass is 9.92. The third-order valence-electron chi connectivity index (χ3n) is 3.30. The Hall–Kier alpha value is -2.67. The van der Waals surface area contributed by atoms with Gasteiger partial charge in [-0.2, -0.15) is 5.26 Å². The minimum atomic E-state index is -0.341. The number of anilines is 1. The summed E-state index contributed by atoms with van der Waals surface area (Å²) in [4.78, 5) is 0. The van der Waals surface area contributed by atoms with Gasteiger partial charge >= 0.3 is 0 Å². The van der Waals surface area contributed by atoms with Gasteiger partial charge in [-0.25, -0.2) is 0 Å². The second-order valence-electron chi connectivity index (χ2n) is 4.63. The van der Waals surface area contributed by atoms with Gasteiger partial charge in [0.05, 0.1) is 12.0 Å². The van der Waals surface area contributed by atoms with E-state index in [-0.39, 0.29) is 5.92 Å². The van der Waals surface area contributed by atoms with Gasteiger partial charge in [0.1, 0.15) is 13.2 Å². The number of nitrogen functional groups attached to an aromatic ring is 1. The zero-order valence-electron chi connectivity index (χ0n) is 10.9. The molecule has 0 bridgehead atoms. The molecular weight excluding hydrogens is 252 g/mol. The average molecular weight is 266 g/mol. The average Bonchev–Trinajstić information content (AvgIpc) is 2.50. The van der Waals surface area contributed by atoms with E-state index in [2.05, 4.69) is 6.07 Å². The Balaban J connectivity index is 1.97. The largest absolute Gasteiger partial charge is 0.486 e. The van der Waals surface area contributed by atoms with Gasteiger partial charge in [-0.3, -0.25) is 0 Å². The lowest BCUT2D eigenvalue weighted by molar-refractivity contribution is 0.171. The first-order chi connectivity index (χ1) is 9.78. The molecule has 0 aliphatic carbocycles. The van der Waals surface area contributed by atoms with Crippen LogP contribution in [0.2, 0.25) is 0 Å². The van der Waals surface area contributed by atoms with E-state index in [1.54, 1.807) is 12.1 Å². The number of nitrogens with zero attached hydrogens (tertiary/aromatic N) is 1. The molecule has 2 aromatic carbocycles. The Bertz CT molecular complexity index is 659. The highest BCUT2D eigenvalue weighted by atomic mass is 16.6. The fourth-order valence-corrected chi connectivity index (χ4v) is 2.27. The molecule has 0 fully saturated rings. The van der Waals surface area contributed by atoms with E-state index in [1.807, 2.05) is 30.3 Å². The summed E-state index contributed by atoms with van der Waals surface area (Å²) in [5.41, 5.74) is 8.17. The second kappa shape index (κ2) is 5.14. The smallest absolute Gasteiger partial charge is 0.161 e. The third kappa shape index (κ3) is 2.26. The van der Waals surface area contributed by atoms with Gasteiger partial charge in [0.2, 0.25) is 0 Å². The van der Waals surface area contributed by atoms with Gasteiger partial charge < -0.3 is 15.2 Å². The van der Waals surface area contributed by atoms with Crippen molar-refractivity contribution in [2.24, 2.45) is 0 Å². The molecule has 0 spiro atoms. The van der Waals surface area contributed by atoms with Crippen molar-refractivity contribution in [3.05, 3.63) is 53.6 Å². The van der Waals surface area contributed by atoms with Gasteiger partial charge in [-0.15, -0.1) is 0 Å². The summed E-state index contributed by atoms with van der Waals surface area (Å²) in [6.45, 7) is 1.10. The first kappa shape index (κ1) is 12.4. The quantitative estimate of drug-likeness (QED) is 0.848. The summed E-state index contributed by atoms with van der Waals surface area (Å²) in [6, 6.07) is 15.3. The van der Waals surface area contributed by atoms with Crippen LogP contribution in [0.4, 0.5) is 5.69 Å². The molecular formula is C16H14N2O2. The van der Waals surface area contributed by atoms with Crippen LogP contribution in [0, 0.1) is 11.3 Å². The van der Waals surface area contributed by atoms with Crippen LogP contribution < -0.4 is 15.2 Å². The first-order valence-corrected chi connectivity index (χ1v) is 6.42. The van der Waals surface area contributed by atoms with E-state index in [0.717, 1.165) is 16.9 Å². The zero-order valence-corrected chi connectivity index (χ0v) is 10.9. The Kier molecular flexibility index (Phi) is 3.18. The second-order valence-corrected chi connectivity index (χ2v) is 4.63. The van der Waals surface area contributed by atoms with Crippen LogP contribution in [-0.4, -0.2) is 13.2 Å². The van der Waals surface area contributed by atoms with Crippen LogP contribution >= 0.6 is 0 Å². The number of nitriles is 1. The van der Waals surface area contributed by atoms with E-state index in [0.29, 0.717) is 24.7 Å². The molecule has 1 heterocycles. The summed E-state index contributed by atoms with van der Waals surface area (Å²) in [5, 5.41) is 9.45. The standard InChI is InChI=1S/C16H14N2O2/c17-10-14(11-1-4-13(18)5-2-11)12-3-6-15-16(9-12)20-8-7-19-15/h1-6,9,14H,7-8,18H2. The molecule has 2 aromatic rings. The molecule has 0 radical (unpaired) electrons. The summed E-state index contributed by atoms with van der Waals surface area (Å²) in [7, 11) is 0.